The van der Waals surface area contributed by atoms with Gasteiger partial charge in [0.05, 0.1) is 5.75 Å². The predicted molar refractivity (Wildman–Crippen MR) is 58.8 cm³/mol. The largest absolute Gasteiger partial charge is 0.392 e. The van der Waals surface area contributed by atoms with Gasteiger partial charge in [-0.05, 0) is 18.6 Å². The molecule has 0 aliphatic carbocycles. The number of rotatable bonds is 7. The maximum absolute atomic E-state index is 10.8. The van der Waals surface area contributed by atoms with Crippen molar-refractivity contribution >= 4 is 17.7 Å². The first-order valence-corrected chi connectivity index (χ1v) is 5.50. The molecule has 0 saturated carbocycles. The third-order valence-corrected chi connectivity index (χ3v) is 2.68. The summed E-state index contributed by atoms with van der Waals surface area (Å²) in [6.07, 6.45) is 2.05. The molecule has 0 bridgehead atoms. The Labute approximate surface area is 84.4 Å². The molecule has 2 N–H and O–H groups in total. The van der Waals surface area contributed by atoms with Crippen LogP contribution in [0.3, 0.4) is 0 Å². The molecule has 0 spiro atoms. The molecule has 0 aliphatic heterocycles. The van der Waals surface area contributed by atoms with Gasteiger partial charge in [0.2, 0.25) is 5.91 Å². The molecule has 0 aromatic heterocycles. The minimum absolute atomic E-state index is 0.0949. The molecule has 76 valence electrons. The summed E-state index contributed by atoms with van der Waals surface area (Å²) in [6.45, 7) is 3.82. The van der Waals surface area contributed by atoms with E-state index in [2.05, 4.69) is 17.2 Å². The molecule has 0 fully saturated rings. The van der Waals surface area contributed by atoms with Crippen LogP contribution in [-0.2, 0) is 4.79 Å². The Kier molecular flexibility index (Phi) is 7.59. The predicted octanol–water partition coefficient (Wildman–Crippen LogP) is 0.979. The van der Waals surface area contributed by atoms with E-state index in [4.69, 9.17) is 0 Å². The Hall–Kier alpha value is -0.640. The third kappa shape index (κ3) is 7.71. The Morgan fingerprint density at radius 2 is 2.08 bits per heavy atom. The summed E-state index contributed by atoms with van der Waals surface area (Å²) in [4.78, 5) is 10.8. The first kappa shape index (κ1) is 12.4. The van der Waals surface area contributed by atoms with Gasteiger partial charge in [-0.3, -0.25) is 4.79 Å². The van der Waals surface area contributed by atoms with E-state index < -0.39 is 0 Å². The highest BCUT2D eigenvalue weighted by atomic mass is 32.2. The van der Waals surface area contributed by atoms with Gasteiger partial charge in [0.1, 0.15) is 0 Å². The van der Waals surface area contributed by atoms with Gasteiger partial charge in [-0.25, -0.2) is 0 Å². The second-order valence-electron chi connectivity index (χ2n) is 2.68. The average molecular weight is 202 g/mol. The molecule has 3 nitrogen and oxygen atoms in total. The molecule has 0 atom stereocenters. The molecule has 0 radical (unpaired) electrons. The number of allylic oxidation sites excluding steroid dienone is 1. The molecule has 13 heavy (non-hydrogen) atoms. The molecule has 0 saturated heterocycles. The standard InChI is InChI=1S/C9H18N2OS/c1-8(10-2)5-4-6-13-7-9(12)11-3/h10H,1,4-7H2,2-3H3,(H,11,12). The van der Waals surface area contributed by atoms with Gasteiger partial charge < -0.3 is 10.6 Å². The van der Waals surface area contributed by atoms with Crippen LogP contribution >= 0.6 is 11.8 Å². The molecule has 0 aromatic carbocycles. The fourth-order valence-electron chi connectivity index (χ4n) is 0.750. The van der Waals surface area contributed by atoms with Gasteiger partial charge in [0.15, 0.2) is 0 Å². The van der Waals surface area contributed by atoms with E-state index in [9.17, 15) is 4.79 Å². The molecule has 1 amide bonds. The second kappa shape index (κ2) is 7.98. The van der Waals surface area contributed by atoms with Crippen LogP contribution in [0.1, 0.15) is 12.8 Å². The van der Waals surface area contributed by atoms with Crippen molar-refractivity contribution in [1.29, 1.82) is 0 Å². The minimum Gasteiger partial charge on any atom is -0.392 e. The first-order chi connectivity index (χ1) is 6.20. The Balaban J connectivity index is 3.17. The van der Waals surface area contributed by atoms with Gasteiger partial charge >= 0.3 is 0 Å². The number of thioether (sulfide) groups is 1. The summed E-state index contributed by atoms with van der Waals surface area (Å²) >= 11 is 1.66. The normalized spacial score (nSPS) is 9.38. The zero-order valence-electron chi connectivity index (χ0n) is 8.35. The highest BCUT2D eigenvalue weighted by molar-refractivity contribution is 7.99. The highest BCUT2D eigenvalue weighted by Crippen LogP contribution is 2.06. The van der Waals surface area contributed by atoms with Gasteiger partial charge in [-0.1, -0.05) is 6.58 Å². The lowest BCUT2D eigenvalue weighted by atomic mass is 10.3. The monoisotopic (exact) mass is 202 g/mol. The van der Waals surface area contributed by atoms with E-state index in [1.54, 1.807) is 18.8 Å². The summed E-state index contributed by atoms with van der Waals surface area (Å²) < 4.78 is 0. The lowest BCUT2D eigenvalue weighted by molar-refractivity contribution is -0.118. The zero-order chi connectivity index (χ0) is 10.1. The fraction of sp³-hybridized carbons (Fsp3) is 0.667. The van der Waals surface area contributed by atoms with Gasteiger partial charge in [0, 0.05) is 19.8 Å². The highest BCUT2D eigenvalue weighted by Gasteiger charge is 1.97. The summed E-state index contributed by atoms with van der Waals surface area (Å²) in [5, 5.41) is 5.58. The Bertz CT molecular complexity index is 153. The van der Waals surface area contributed by atoms with Crippen molar-refractivity contribution in [3.63, 3.8) is 0 Å². The van der Waals surface area contributed by atoms with E-state index in [1.807, 2.05) is 7.05 Å². The molecule has 0 aromatic rings. The van der Waals surface area contributed by atoms with Gasteiger partial charge in [-0.15, -0.1) is 0 Å². The Morgan fingerprint density at radius 3 is 2.62 bits per heavy atom. The van der Waals surface area contributed by atoms with Crippen LogP contribution in [0, 0.1) is 0 Å². The van der Waals surface area contributed by atoms with Crippen LogP contribution in [0.5, 0.6) is 0 Å². The van der Waals surface area contributed by atoms with Gasteiger partial charge in [-0.2, -0.15) is 11.8 Å². The summed E-state index contributed by atoms with van der Waals surface area (Å²) in [5.74, 6) is 1.66. The van der Waals surface area contributed by atoms with E-state index in [1.165, 1.54) is 0 Å². The van der Waals surface area contributed by atoms with Crippen LogP contribution in [0.4, 0.5) is 0 Å². The summed E-state index contributed by atoms with van der Waals surface area (Å²) in [5.41, 5.74) is 1.06. The molecule has 0 heterocycles. The third-order valence-electron chi connectivity index (χ3n) is 1.63. The van der Waals surface area contributed by atoms with Crippen molar-refractivity contribution in [1.82, 2.24) is 10.6 Å². The first-order valence-electron chi connectivity index (χ1n) is 4.34. The van der Waals surface area contributed by atoms with Crippen LogP contribution in [0.15, 0.2) is 12.3 Å². The molecule has 0 rings (SSSR count). The lowest BCUT2D eigenvalue weighted by Gasteiger charge is -2.03. The molecule has 0 unspecified atom stereocenters. The quantitative estimate of drug-likeness (QED) is 0.605. The SMILES string of the molecule is C=C(CCCSCC(=O)NC)NC. The number of hydrogen-bond acceptors (Lipinski definition) is 3. The van der Waals surface area contributed by atoms with Crippen molar-refractivity contribution in [2.24, 2.45) is 0 Å². The van der Waals surface area contributed by atoms with Crippen molar-refractivity contribution < 1.29 is 4.79 Å². The fourth-order valence-corrected chi connectivity index (χ4v) is 1.57. The molecule has 0 aliphatic rings. The Morgan fingerprint density at radius 1 is 1.38 bits per heavy atom. The average Bonchev–Trinajstić information content (AvgIpc) is 2.16. The van der Waals surface area contributed by atoms with Crippen molar-refractivity contribution in [3.05, 3.63) is 12.3 Å². The number of nitrogens with one attached hydrogen (secondary N) is 2. The zero-order valence-corrected chi connectivity index (χ0v) is 9.17. The van der Waals surface area contributed by atoms with Crippen molar-refractivity contribution in [3.8, 4) is 0 Å². The number of hydrogen-bond donors (Lipinski definition) is 2. The molecular formula is C9H18N2OS. The molecular weight excluding hydrogens is 184 g/mol. The summed E-state index contributed by atoms with van der Waals surface area (Å²) in [7, 11) is 3.53. The second-order valence-corrected chi connectivity index (χ2v) is 3.79. The van der Waals surface area contributed by atoms with Gasteiger partial charge in [0.25, 0.3) is 0 Å². The van der Waals surface area contributed by atoms with Crippen molar-refractivity contribution in [2.75, 3.05) is 25.6 Å². The van der Waals surface area contributed by atoms with Crippen LogP contribution in [-0.4, -0.2) is 31.5 Å². The number of carbonyl (C=O) groups is 1. The maximum Gasteiger partial charge on any atom is 0.229 e. The van der Waals surface area contributed by atoms with E-state index >= 15 is 0 Å². The lowest BCUT2D eigenvalue weighted by Crippen LogP contribution is -2.20. The smallest absolute Gasteiger partial charge is 0.229 e. The van der Waals surface area contributed by atoms with Crippen molar-refractivity contribution in [2.45, 2.75) is 12.8 Å². The number of carbonyl (C=O) groups excluding carboxylic acids is 1. The van der Waals surface area contributed by atoms with E-state index in [-0.39, 0.29) is 5.91 Å². The van der Waals surface area contributed by atoms with E-state index in [0.717, 1.165) is 24.3 Å². The maximum atomic E-state index is 10.8. The van der Waals surface area contributed by atoms with Crippen LogP contribution < -0.4 is 10.6 Å². The topological polar surface area (TPSA) is 41.1 Å². The van der Waals surface area contributed by atoms with E-state index in [0.29, 0.717) is 5.75 Å². The van der Waals surface area contributed by atoms with Crippen LogP contribution in [0.2, 0.25) is 0 Å². The number of amides is 1. The molecule has 4 heteroatoms. The summed E-state index contributed by atoms with van der Waals surface area (Å²) in [6, 6.07) is 0. The minimum atomic E-state index is 0.0949. The van der Waals surface area contributed by atoms with Crippen LogP contribution in [0.25, 0.3) is 0 Å².